The van der Waals surface area contributed by atoms with Crippen molar-refractivity contribution in [2.24, 2.45) is 0 Å². The highest BCUT2D eigenvalue weighted by Gasteiger charge is 2.04. The third kappa shape index (κ3) is 2.43. The highest BCUT2D eigenvalue weighted by Crippen LogP contribution is 2.23. The maximum absolute atomic E-state index is 6.10. The molecule has 2 aromatic heterocycles. The number of hydrogen-bond acceptors (Lipinski definition) is 3. The number of anilines is 2. The topological polar surface area (TPSA) is 42.2 Å². The van der Waals surface area contributed by atoms with Crippen LogP contribution in [0.4, 0.5) is 11.5 Å². The van der Waals surface area contributed by atoms with Gasteiger partial charge in [0.2, 0.25) is 0 Å². The molecule has 1 N–H and O–H groups in total. The smallest absolute Gasteiger partial charge is 0.171 e. The summed E-state index contributed by atoms with van der Waals surface area (Å²) in [4.78, 5) is 4.48. The molecule has 0 saturated carbocycles. The van der Waals surface area contributed by atoms with Crippen molar-refractivity contribution in [3.63, 3.8) is 0 Å². The fourth-order valence-electron chi connectivity index (χ4n) is 1.73. The summed E-state index contributed by atoms with van der Waals surface area (Å²) in [7, 11) is 0. The highest BCUT2D eigenvalue weighted by molar-refractivity contribution is 9.10. The average molecular weight is 338 g/mol. The minimum atomic E-state index is 0.733. The van der Waals surface area contributed by atoms with Gasteiger partial charge in [-0.15, -0.1) is 0 Å². The molecule has 0 fully saturated rings. The van der Waals surface area contributed by atoms with Gasteiger partial charge in [0, 0.05) is 16.9 Å². The van der Waals surface area contributed by atoms with Gasteiger partial charge < -0.3 is 5.32 Å². The van der Waals surface area contributed by atoms with E-state index in [-0.39, 0.29) is 0 Å². The highest BCUT2D eigenvalue weighted by atomic mass is 79.9. The predicted octanol–water partition coefficient (Wildman–Crippen LogP) is 4.20. The van der Waals surface area contributed by atoms with Crippen LogP contribution in [-0.2, 0) is 0 Å². The lowest BCUT2D eigenvalue weighted by Gasteiger charge is -2.07. The fraction of sp³-hybridized carbons (Fsp3) is 0.0769. The number of nitrogens with zero attached hydrogens (tertiary/aromatic N) is 3. The second kappa shape index (κ2) is 4.83. The van der Waals surface area contributed by atoms with Crippen molar-refractivity contribution in [1.82, 2.24) is 14.6 Å². The lowest BCUT2D eigenvalue weighted by atomic mass is 10.2. The molecule has 0 saturated heterocycles. The molecular weight excluding hydrogens is 328 g/mol. The molecular formula is C13H10BrClN4. The molecule has 3 rings (SSSR count). The van der Waals surface area contributed by atoms with Crippen molar-refractivity contribution >= 4 is 44.7 Å². The van der Waals surface area contributed by atoms with Gasteiger partial charge in [-0.05, 0) is 46.6 Å². The van der Waals surface area contributed by atoms with Gasteiger partial charge in [-0.1, -0.05) is 17.7 Å². The van der Waals surface area contributed by atoms with E-state index in [4.69, 9.17) is 11.6 Å². The molecule has 2 heterocycles. The molecule has 0 spiro atoms. The van der Waals surface area contributed by atoms with Crippen molar-refractivity contribution in [2.75, 3.05) is 5.32 Å². The summed E-state index contributed by atoms with van der Waals surface area (Å²) in [5.41, 5.74) is 2.72. The summed E-state index contributed by atoms with van der Waals surface area (Å²) in [6, 6.07) is 7.69. The number of nitrogens with one attached hydrogen (secondary N) is 1. The molecule has 0 radical (unpaired) electrons. The molecule has 0 atom stereocenters. The van der Waals surface area contributed by atoms with Gasteiger partial charge in [0.15, 0.2) is 5.65 Å². The first kappa shape index (κ1) is 12.4. The number of rotatable bonds is 2. The Morgan fingerprint density at radius 1 is 1.32 bits per heavy atom. The third-order valence-electron chi connectivity index (χ3n) is 2.77. The van der Waals surface area contributed by atoms with Gasteiger partial charge in [0.05, 0.1) is 10.7 Å². The van der Waals surface area contributed by atoms with Crippen LogP contribution in [0.2, 0.25) is 5.02 Å². The van der Waals surface area contributed by atoms with E-state index in [2.05, 4.69) is 31.3 Å². The number of fused-ring (bicyclic) bond motifs is 1. The first-order chi connectivity index (χ1) is 9.13. The number of aromatic nitrogens is 3. The summed E-state index contributed by atoms with van der Waals surface area (Å²) >= 11 is 9.51. The molecule has 0 bridgehead atoms. The zero-order valence-corrected chi connectivity index (χ0v) is 12.4. The Labute approximate surface area is 123 Å². The van der Waals surface area contributed by atoms with E-state index < -0.39 is 0 Å². The summed E-state index contributed by atoms with van der Waals surface area (Å²) in [5, 5.41) is 8.11. The Hall–Kier alpha value is -1.59. The van der Waals surface area contributed by atoms with Gasteiger partial charge >= 0.3 is 0 Å². The van der Waals surface area contributed by atoms with Gasteiger partial charge in [-0.25, -0.2) is 9.50 Å². The minimum Gasteiger partial charge on any atom is -0.340 e. The Kier molecular flexibility index (Phi) is 3.16. The van der Waals surface area contributed by atoms with Crippen molar-refractivity contribution in [3.8, 4) is 0 Å². The summed E-state index contributed by atoms with van der Waals surface area (Å²) in [5.74, 6) is 0.744. The van der Waals surface area contributed by atoms with Gasteiger partial charge in [-0.2, -0.15) is 5.10 Å². The Morgan fingerprint density at radius 2 is 2.16 bits per heavy atom. The Morgan fingerprint density at radius 3 is 2.95 bits per heavy atom. The van der Waals surface area contributed by atoms with E-state index in [9.17, 15) is 0 Å². The van der Waals surface area contributed by atoms with Crippen LogP contribution in [0.25, 0.3) is 5.65 Å². The maximum Gasteiger partial charge on any atom is 0.171 e. The van der Waals surface area contributed by atoms with E-state index in [1.807, 2.05) is 37.4 Å². The Bertz CT molecular complexity index is 753. The summed E-state index contributed by atoms with van der Waals surface area (Å²) in [6.07, 6.45) is 3.57. The number of halogens is 2. The molecule has 0 aliphatic carbocycles. The second-order valence-corrected chi connectivity index (χ2v) is 5.42. The van der Waals surface area contributed by atoms with Crippen LogP contribution >= 0.6 is 27.5 Å². The SMILES string of the molecule is Cc1ccc(Nc2ccn3ncc(Br)c3n2)cc1Cl. The van der Waals surface area contributed by atoms with Crippen LogP contribution in [0.3, 0.4) is 0 Å². The molecule has 19 heavy (non-hydrogen) atoms. The Balaban J connectivity index is 1.95. The van der Waals surface area contributed by atoms with Crippen LogP contribution in [0.1, 0.15) is 5.56 Å². The van der Waals surface area contributed by atoms with Crippen LogP contribution in [0.15, 0.2) is 41.1 Å². The minimum absolute atomic E-state index is 0.733. The maximum atomic E-state index is 6.10. The molecule has 0 aliphatic heterocycles. The monoisotopic (exact) mass is 336 g/mol. The number of benzene rings is 1. The zero-order valence-electron chi connectivity index (χ0n) is 10.1. The third-order valence-corrected chi connectivity index (χ3v) is 3.74. The average Bonchev–Trinajstić information content (AvgIpc) is 2.76. The van der Waals surface area contributed by atoms with E-state index in [1.165, 1.54) is 0 Å². The quantitative estimate of drug-likeness (QED) is 0.762. The molecule has 0 aliphatic rings. The standard InChI is InChI=1S/C13H10BrClN4/c1-8-2-3-9(6-11(8)15)17-12-4-5-19-13(18-12)10(14)7-16-19/h2-7H,1H3,(H,17,18). The molecule has 1 aromatic carbocycles. The normalized spacial score (nSPS) is 10.9. The van der Waals surface area contributed by atoms with Crippen LogP contribution in [0, 0.1) is 6.92 Å². The molecule has 4 nitrogen and oxygen atoms in total. The predicted molar refractivity (Wildman–Crippen MR) is 80.2 cm³/mol. The number of hydrogen-bond donors (Lipinski definition) is 1. The van der Waals surface area contributed by atoms with Crippen molar-refractivity contribution < 1.29 is 0 Å². The molecule has 6 heteroatoms. The zero-order chi connectivity index (χ0) is 13.4. The van der Waals surface area contributed by atoms with E-state index in [0.29, 0.717) is 0 Å². The van der Waals surface area contributed by atoms with Crippen molar-refractivity contribution in [3.05, 3.63) is 51.7 Å². The van der Waals surface area contributed by atoms with Crippen molar-refractivity contribution in [1.29, 1.82) is 0 Å². The first-order valence-corrected chi connectivity index (χ1v) is 6.83. The van der Waals surface area contributed by atoms with E-state index >= 15 is 0 Å². The molecule has 96 valence electrons. The van der Waals surface area contributed by atoms with Crippen LogP contribution in [0.5, 0.6) is 0 Å². The van der Waals surface area contributed by atoms with E-state index in [0.717, 1.165) is 32.2 Å². The lowest BCUT2D eigenvalue weighted by molar-refractivity contribution is 0.941. The summed E-state index contributed by atoms with van der Waals surface area (Å²) < 4.78 is 2.57. The molecule has 0 unspecified atom stereocenters. The largest absolute Gasteiger partial charge is 0.340 e. The number of aryl methyl sites for hydroxylation is 1. The second-order valence-electron chi connectivity index (χ2n) is 4.16. The van der Waals surface area contributed by atoms with Crippen LogP contribution in [-0.4, -0.2) is 14.6 Å². The molecule has 3 aromatic rings. The van der Waals surface area contributed by atoms with Gasteiger partial charge in [0.25, 0.3) is 0 Å². The first-order valence-electron chi connectivity index (χ1n) is 5.66. The molecule has 0 amide bonds. The summed E-state index contributed by atoms with van der Waals surface area (Å²) in [6.45, 7) is 1.97. The van der Waals surface area contributed by atoms with Crippen LogP contribution < -0.4 is 5.32 Å². The van der Waals surface area contributed by atoms with E-state index in [1.54, 1.807) is 10.7 Å². The van der Waals surface area contributed by atoms with Crippen molar-refractivity contribution in [2.45, 2.75) is 6.92 Å². The van der Waals surface area contributed by atoms with Gasteiger partial charge in [-0.3, -0.25) is 0 Å². The fourth-order valence-corrected chi connectivity index (χ4v) is 2.27. The lowest BCUT2D eigenvalue weighted by Crippen LogP contribution is -1.97. The van der Waals surface area contributed by atoms with Gasteiger partial charge in [0.1, 0.15) is 5.82 Å².